The molecular formula is C31H52O4. The lowest BCUT2D eigenvalue weighted by molar-refractivity contribution is -0.236. The summed E-state index contributed by atoms with van der Waals surface area (Å²) < 4.78 is 12.4. The molecule has 5 aliphatic carbocycles. The predicted molar refractivity (Wildman–Crippen MR) is 140 cm³/mol. The summed E-state index contributed by atoms with van der Waals surface area (Å²) in [5, 5.41) is 0. The highest BCUT2D eigenvalue weighted by molar-refractivity contribution is 5.81. The summed E-state index contributed by atoms with van der Waals surface area (Å²) in [6, 6.07) is 0. The molecule has 0 saturated heterocycles. The number of hydrogen-bond acceptors (Lipinski definition) is 4. The third-order valence-corrected chi connectivity index (χ3v) is 10.7. The summed E-state index contributed by atoms with van der Waals surface area (Å²) in [6.07, 6.45) is 11.8. The maximum Gasteiger partial charge on any atom is 0.344 e. The van der Waals surface area contributed by atoms with Crippen LogP contribution in [-0.4, -0.2) is 24.1 Å². The van der Waals surface area contributed by atoms with E-state index in [2.05, 4.69) is 48.5 Å². The van der Waals surface area contributed by atoms with Crippen molar-refractivity contribution >= 4 is 11.9 Å². The first-order valence-electron chi connectivity index (χ1n) is 14.5. The molecule has 4 heteroatoms. The monoisotopic (exact) mass is 488 g/mol. The van der Waals surface area contributed by atoms with Crippen LogP contribution >= 0.6 is 0 Å². The second-order valence-corrected chi connectivity index (χ2v) is 15.5. The Bertz CT molecular complexity index is 764. The van der Waals surface area contributed by atoms with Crippen LogP contribution in [0.3, 0.4) is 0 Å². The van der Waals surface area contributed by atoms with Crippen molar-refractivity contribution in [1.82, 2.24) is 0 Å². The van der Waals surface area contributed by atoms with E-state index in [9.17, 15) is 9.59 Å². The predicted octanol–water partition coefficient (Wildman–Crippen LogP) is 7.58. The van der Waals surface area contributed by atoms with Crippen LogP contribution < -0.4 is 0 Å². The molecule has 0 radical (unpaired) electrons. The van der Waals surface area contributed by atoms with E-state index in [1.807, 2.05) is 6.92 Å². The molecule has 0 spiro atoms. The summed E-state index contributed by atoms with van der Waals surface area (Å²) >= 11 is 0. The Balaban J connectivity index is 1.49. The van der Waals surface area contributed by atoms with Gasteiger partial charge in [0.05, 0.1) is 5.41 Å². The molecule has 5 fully saturated rings. The third-order valence-electron chi connectivity index (χ3n) is 10.7. The van der Waals surface area contributed by atoms with Crippen LogP contribution in [0.15, 0.2) is 0 Å². The van der Waals surface area contributed by atoms with Crippen LogP contribution in [0.2, 0.25) is 0 Å². The van der Waals surface area contributed by atoms with Gasteiger partial charge in [-0.1, -0.05) is 61.3 Å². The molecule has 4 nitrogen and oxygen atoms in total. The van der Waals surface area contributed by atoms with Gasteiger partial charge in [-0.3, -0.25) is 4.79 Å². The van der Waals surface area contributed by atoms with Crippen LogP contribution in [0.5, 0.6) is 0 Å². The van der Waals surface area contributed by atoms with E-state index in [1.165, 1.54) is 57.8 Å². The van der Waals surface area contributed by atoms with Gasteiger partial charge < -0.3 is 9.47 Å². The maximum absolute atomic E-state index is 13.4. The van der Waals surface area contributed by atoms with E-state index in [0.717, 1.165) is 17.8 Å². The van der Waals surface area contributed by atoms with Gasteiger partial charge in [0, 0.05) is 0 Å². The molecular weight excluding hydrogens is 436 g/mol. The van der Waals surface area contributed by atoms with Crippen LogP contribution in [-0.2, 0) is 19.1 Å². The van der Waals surface area contributed by atoms with Gasteiger partial charge in [-0.25, -0.2) is 4.79 Å². The van der Waals surface area contributed by atoms with Gasteiger partial charge in [-0.2, -0.15) is 0 Å². The van der Waals surface area contributed by atoms with E-state index >= 15 is 0 Å². The molecule has 1 unspecified atom stereocenters. The van der Waals surface area contributed by atoms with Crippen molar-refractivity contribution in [2.75, 3.05) is 6.61 Å². The van der Waals surface area contributed by atoms with Crippen LogP contribution in [0.1, 0.15) is 120 Å². The second-order valence-electron chi connectivity index (χ2n) is 15.5. The number of hydrogen-bond donors (Lipinski definition) is 0. The molecule has 0 aromatic rings. The Kier molecular flexibility index (Phi) is 7.21. The number of rotatable bonds is 6. The Morgan fingerprint density at radius 3 is 1.74 bits per heavy atom. The van der Waals surface area contributed by atoms with Crippen molar-refractivity contribution in [1.29, 1.82) is 0 Å². The minimum atomic E-state index is -0.675. The van der Waals surface area contributed by atoms with Crippen molar-refractivity contribution in [3.05, 3.63) is 0 Å². The van der Waals surface area contributed by atoms with Gasteiger partial charge in [-0.15, -0.1) is 0 Å². The van der Waals surface area contributed by atoms with E-state index in [0.29, 0.717) is 24.2 Å². The Morgan fingerprint density at radius 1 is 0.771 bits per heavy atom. The van der Waals surface area contributed by atoms with Gasteiger partial charge >= 0.3 is 11.9 Å². The molecule has 0 amide bonds. The summed E-state index contributed by atoms with van der Waals surface area (Å²) in [4.78, 5) is 26.8. The third kappa shape index (κ3) is 5.19. The lowest BCUT2D eigenvalue weighted by Gasteiger charge is -2.63. The fourth-order valence-electron chi connectivity index (χ4n) is 8.76. The van der Waals surface area contributed by atoms with E-state index in [-0.39, 0.29) is 35.0 Å². The topological polar surface area (TPSA) is 52.6 Å². The number of ether oxygens (including phenoxy) is 2. The molecule has 200 valence electrons. The molecule has 5 aliphatic rings. The lowest BCUT2D eigenvalue weighted by Crippen LogP contribution is -2.63. The number of carbonyl (C=O) groups is 2. The quantitative estimate of drug-likeness (QED) is 0.362. The van der Waals surface area contributed by atoms with Gasteiger partial charge in [0.15, 0.2) is 6.61 Å². The molecule has 0 aromatic heterocycles. The largest absolute Gasteiger partial charge is 0.456 e. The molecule has 0 aliphatic heterocycles. The number of esters is 2. The fourth-order valence-corrected chi connectivity index (χ4v) is 8.76. The van der Waals surface area contributed by atoms with Crippen molar-refractivity contribution in [2.45, 2.75) is 125 Å². The highest BCUT2D eigenvalue weighted by Crippen LogP contribution is 2.63. The molecule has 5 rings (SSSR count). The minimum absolute atomic E-state index is 0.0237. The Hall–Kier alpha value is -1.06. The van der Waals surface area contributed by atoms with Crippen LogP contribution in [0.25, 0.3) is 0 Å². The minimum Gasteiger partial charge on any atom is -0.456 e. The van der Waals surface area contributed by atoms with Crippen molar-refractivity contribution < 1.29 is 19.1 Å². The molecule has 1 atom stereocenters. The summed E-state index contributed by atoms with van der Waals surface area (Å²) in [5.41, 5.74) is -1.30. The molecule has 5 saturated carbocycles. The van der Waals surface area contributed by atoms with Crippen LogP contribution in [0.4, 0.5) is 0 Å². The van der Waals surface area contributed by atoms with Gasteiger partial charge in [0.1, 0.15) is 5.60 Å². The zero-order valence-electron chi connectivity index (χ0n) is 23.9. The SMILES string of the molecule is CC1CCC(C2(OC(=O)COC(=O)C(C)(CC(C)(C)C)C(C)(C)C)C3CC4CC(C3)CC2C4)CC1. The first-order valence-corrected chi connectivity index (χ1v) is 14.5. The molecule has 0 N–H and O–H groups in total. The average molecular weight is 489 g/mol. The van der Waals surface area contributed by atoms with E-state index in [4.69, 9.17) is 9.47 Å². The first-order chi connectivity index (χ1) is 16.1. The van der Waals surface area contributed by atoms with Gasteiger partial charge in [0.25, 0.3) is 0 Å². The second kappa shape index (κ2) is 9.35. The summed E-state index contributed by atoms with van der Waals surface area (Å²) in [6.45, 7) is 16.8. The Labute approximate surface area is 214 Å². The van der Waals surface area contributed by atoms with Gasteiger partial charge in [0.2, 0.25) is 0 Å². The van der Waals surface area contributed by atoms with Crippen molar-refractivity contribution in [3.8, 4) is 0 Å². The number of carbonyl (C=O) groups excluding carboxylic acids is 2. The fraction of sp³-hybridized carbons (Fsp3) is 0.935. The van der Waals surface area contributed by atoms with E-state index in [1.54, 1.807) is 0 Å². The highest BCUT2D eigenvalue weighted by atomic mass is 16.6. The highest BCUT2D eigenvalue weighted by Gasteiger charge is 2.62. The smallest absolute Gasteiger partial charge is 0.344 e. The molecule has 0 aromatic carbocycles. The maximum atomic E-state index is 13.4. The Morgan fingerprint density at radius 2 is 1.29 bits per heavy atom. The zero-order chi connectivity index (χ0) is 25.8. The summed E-state index contributed by atoms with van der Waals surface area (Å²) in [5.74, 6) is 3.29. The van der Waals surface area contributed by atoms with E-state index < -0.39 is 5.41 Å². The van der Waals surface area contributed by atoms with Crippen molar-refractivity contribution in [2.24, 2.45) is 51.8 Å². The van der Waals surface area contributed by atoms with Gasteiger partial charge in [-0.05, 0) is 105 Å². The molecule has 35 heavy (non-hydrogen) atoms. The van der Waals surface area contributed by atoms with Crippen molar-refractivity contribution in [3.63, 3.8) is 0 Å². The first kappa shape index (κ1) is 27.0. The average Bonchev–Trinajstić information content (AvgIpc) is 2.72. The lowest BCUT2D eigenvalue weighted by atomic mass is 9.46. The van der Waals surface area contributed by atoms with Crippen LogP contribution in [0, 0.1) is 51.8 Å². The zero-order valence-corrected chi connectivity index (χ0v) is 23.9. The summed E-state index contributed by atoms with van der Waals surface area (Å²) in [7, 11) is 0. The normalized spacial score (nSPS) is 38.6. The standard InChI is InChI=1S/C31H52O4/c1-20-9-11-23(12-10-20)31(24-14-21-13-22(16-24)17-25(31)15-21)35-26(32)18-34-27(33)30(8,29(5,6)7)19-28(2,3)4/h20-25H,9-19H2,1-8H3. The molecule has 0 heterocycles. The molecule has 4 bridgehead atoms.